The van der Waals surface area contributed by atoms with Crippen LogP contribution in [0.3, 0.4) is 0 Å². The van der Waals surface area contributed by atoms with Crippen molar-refractivity contribution in [3.05, 3.63) is 24.0 Å². The summed E-state index contributed by atoms with van der Waals surface area (Å²) in [4.78, 5) is 0. The highest BCUT2D eigenvalue weighted by atomic mass is 19.1. The fourth-order valence-electron chi connectivity index (χ4n) is 1.75. The molecule has 3 N–H and O–H groups in total. The van der Waals surface area contributed by atoms with Crippen molar-refractivity contribution >= 4 is 11.4 Å². The number of nitrogens with two attached hydrogens (primary N) is 1. The maximum atomic E-state index is 12.7. The summed E-state index contributed by atoms with van der Waals surface area (Å²) in [6, 6.07) is 4.99. The molecule has 0 amide bonds. The number of hydrogen-bond donors (Lipinski definition) is 2. The van der Waals surface area contributed by atoms with Crippen LogP contribution < -0.4 is 11.1 Å². The minimum atomic E-state index is -0.283. The molecule has 2 atom stereocenters. The summed E-state index contributed by atoms with van der Waals surface area (Å²) in [6.07, 6.45) is 2.44. The molecule has 0 aromatic heterocycles. The standard InChI is InChI=1S/C11H15FN2/c1-7-2-4-10(7)14-11-5-3-8(12)6-9(11)13/h3,5-7,10,14H,2,4,13H2,1H3. The Kier molecular flexibility index (Phi) is 2.32. The summed E-state index contributed by atoms with van der Waals surface area (Å²) in [6.45, 7) is 2.21. The lowest BCUT2D eigenvalue weighted by Gasteiger charge is -2.35. The van der Waals surface area contributed by atoms with E-state index in [0.29, 0.717) is 17.6 Å². The molecule has 14 heavy (non-hydrogen) atoms. The summed E-state index contributed by atoms with van der Waals surface area (Å²) in [7, 11) is 0. The van der Waals surface area contributed by atoms with Gasteiger partial charge in [0.2, 0.25) is 0 Å². The predicted octanol–water partition coefficient (Wildman–Crippen LogP) is 2.62. The Morgan fingerprint density at radius 3 is 2.71 bits per heavy atom. The smallest absolute Gasteiger partial charge is 0.125 e. The molecule has 0 radical (unpaired) electrons. The van der Waals surface area contributed by atoms with Gasteiger partial charge in [0.15, 0.2) is 0 Å². The maximum Gasteiger partial charge on any atom is 0.125 e. The van der Waals surface area contributed by atoms with Crippen molar-refractivity contribution in [2.45, 2.75) is 25.8 Å². The van der Waals surface area contributed by atoms with Crippen molar-refractivity contribution in [3.8, 4) is 0 Å². The maximum absolute atomic E-state index is 12.7. The average molecular weight is 194 g/mol. The summed E-state index contributed by atoms with van der Waals surface area (Å²) >= 11 is 0. The lowest BCUT2D eigenvalue weighted by atomic mass is 9.81. The highest BCUT2D eigenvalue weighted by molar-refractivity contribution is 5.66. The van der Waals surface area contributed by atoms with Gasteiger partial charge in [0, 0.05) is 6.04 Å². The molecule has 76 valence electrons. The number of hydrogen-bond acceptors (Lipinski definition) is 2. The lowest BCUT2D eigenvalue weighted by molar-refractivity contribution is 0.303. The van der Waals surface area contributed by atoms with Gasteiger partial charge in [-0.1, -0.05) is 6.92 Å². The number of benzene rings is 1. The van der Waals surface area contributed by atoms with Gasteiger partial charge in [0.05, 0.1) is 11.4 Å². The quantitative estimate of drug-likeness (QED) is 0.710. The number of rotatable bonds is 2. The summed E-state index contributed by atoms with van der Waals surface area (Å²) < 4.78 is 12.7. The topological polar surface area (TPSA) is 38.0 Å². The average Bonchev–Trinajstić information content (AvgIpc) is 2.14. The molecule has 2 unspecified atom stereocenters. The molecule has 2 nitrogen and oxygen atoms in total. The van der Waals surface area contributed by atoms with Gasteiger partial charge in [-0.15, -0.1) is 0 Å². The van der Waals surface area contributed by atoms with Crippen molar-refractivity contribution in [2.75, 3.05) is 11.1 Å². The predicted molar refractivity (Wildman–Crippen MR) is 56.6 cm³/mol. The zero-order chi connectivity index (χ0) is 10.1. The highest BCUT2D eigenvalue weighted by Gasteiger charge is 2.26. The number of nitrogen functional groups attached to an aromatic ring is 1. The van der Waals surface area contributed by atoms with Crippen LogP contribution in [0, 0.1) is 11.7 Å². The van der Waals surface area contributed by atoms with Crippen LogP contribution in [0.2, 0.25) is 0 Å². The van der Waals surface area contributed by atoms with Crippen molar-refractivity contribution in [1.29, 1.82) is 0 Å². The van der Waals surface area contributed by atoms with E-state index < -0.39 is 0 Å². The SMILES string of the molecule is CC1CCC1Nc1ccc(F)cc1N. The first-order chi connectivity index (χ1) is 6.66. The third kappa shape index (κ3) is 1.67. The van der Waals surface area contributed by atoms with E-state index in [0.717, 1.165) is 5.69 Å². The van der Waals surface area contributed by atoms with E-state index in [4.69, 9.17) is 5.73 Å². The number of nitrogens with one attached hydrogen (secondary N) is 1. The first-order valence-corrected chi connectivity index (χ1v) is 4.98. The Morgan fingerprint density at radius 2 is 2.21 bits per heavy atom. The zero-order valence-corrected chi connectivity index (χ0v) is 8.26. The Bertz CT molecular complexity index is 338. The Labute approximate surface area is 83.3 Å². The van der Waals surface area contributed by atoms with Crippen LogP contribution in [0.15, 0.2) is 18.2 Å². The van der Waals surface area contributed by atoms with Crippen molar-refractivity contribution in [3.63, 3.8) is 0 Å². The first-order valence-electron chi connectivity index (χ1n) is 4.98. The largest absolute Gasteiger partial charge is 0.397 e. The molecule has 3 heteroatoms. The highest BCUT2D eigenvalue weighted by Crippen LogP contribution is 2.31. The normalized spacial score (nSPS) is 25.6. The first kappa shape index (κ1) is 9.31. The lowest BCUT2D eigenvalue weighted by Crippen LogP contribution is -2.36. The monoisotopic (exact) mass is 194 g/mol. The zero-order valence-electron chi connectivity index (χ0n) is 8.26. The molecule has 0 bridgehead atoms. The summed E-state index contributed by atoms with van der Waals surface area (Å²) in [5.41, 5.74) is 7.03. The second-order valence-corrected chi connectivity index (χ2v) is 4.04. The molecule has 1 saturated carbocycles. The van der Waals surface area contributed by atoms with E-state index >= 15 is 0 Å². The second-order valence-electron chi connectivity index (χ2n) is 4.04. The van der Waals surface area contributed by atoms with E-state index in [2.05, 4.69) is 12.2 Å². The van der Waals surface area contributed by atoms with Gasteiger partial charge >= 0.3 is 0 Å². The van der Waals surface area contributed by atoms with Crippen LogP contribution in [0.5, 0.6) is 0 Å². The van der Waals surface area contributed by atoms with Crippen molar-refractivity contribution in [1.82, 2.24) is 0 Å². The number of halogens is 1. The molecule has 0 saturated heterocycles. The van der Waals surface area contributed by atoms with Gasteiger partial charge in [-0.05, 0) is 37.0 Å². The van der Waals surface area contributed by atoms with Crippen LogP contribution in [0.4, 0.5) is 15.8 Å². The second kappa shape index (κ2) is 3.48. The van der Waals surface area contributed by atoms with Crippen LogP contribution in [0.25, 0.3) is 0 Å². The summed E-state index contributed by atoms with van der Waals surface area (Å²) in [5, 5.41) is 3.33. The van der Waals surface area contributed by atoms with E-state index in [9.17, 15) is 4.39 Å². The molecule has 0 spiro atoms. The fraction of sp³-hybridized carbons (Fsp3) is 0.455. The van der Waals surface area contributed by atoms with E-state index in [1.54, 1.807) is 6.07 Å². The van der Waals surface area contributed by atoms with Crippen LogP contribution in [0.1, 0.15) is 19.8 Å². The van der Waals surface area contributed by atoms with Gasteiger partial charge in [-0.3, -0.25) is 0 Å². The molecule has 1 aromatic rings. The van der Waals surface area contributed by atoms with E-state index in [1.165, 1.54) is 25.0 Å². The Balaban J connectivity index is 2.09. The van der Waals surface area contributed by atoms with Crippen molar-refractivity contribution < 1.29 is 4.39 Å². The number of anilines is 2. The minimum absolute atomic E-state index is 0.283. The van der Waals surface area contributed by atoms with E-state index in [-0.39, 0.29) is 5.82 Å². The van der Waals surface area contributed by atoms with Gasteiger partial charge in [-0.25, -0.2) is 4.39 Å². The summed E-state index contributed by atoms with van der Waals surface area (Å²) in [5.74, 6) is 0.411. The molecule has 1 aliphatic carbocycles. The van der Waals surface area contributed by atoms with Gasteiger partial charge < -0.3 is 11.1 Å². The molecular formula is C11H15FN2. The Hall–Kier alpha value is -1.25. The molecule has 1 fully saturated rings. The van der Waals surface area contributed by atoms with Gasteiger partial charge in [-0.2, -0.15) is 0 Å². The third-order valence-corrected chi connectivity index (χ3v) is 2.97. The minimum Gasteiger partial charge on any atom is -0.397 e. The molecular weight excluding hydrogens is 179 g/mol. The van der Waals surface area contributed by atoms with Gasteiger partial charge in [0.1, 0.15) is 5.82 Å². The van der Waals surface area contributed by atoms with Crippen molar-refractivity contribution in [2.24, 2.45) is 5.92 Å². The van der Waals surface area contributed by atoms with Crippen LogP contribution >= 0.6 is 0 Å². The molecule has 0 aliphatic heterocycles. The van der Waals surface area contributed by atoms with Crippen LogP contribution in [-0.2, 0) is 0 Å². The molecule has 1 aliphatic rings. The fourth-order valence-corrected chi connectivity index (χ4v) is 1.75. The van der Waals surface area contributed by atoms with Crippen LogP contribution in [-0.4, -0.2) is 6.04 Å². The van der Waals surface area contributed by atoms with Gasteiger partial charge in [0.25, 0.3) is 0 Å². The van der Waals surface area contributed by atoms with E-state index in [1.807, 2.05) is 0 Å². The molecule has 2 rings (SSSR count). The third-order valence-electron chi connectivity index (χ3n) is 2.97. The molecule has 0 heterocycles. The Morgan fingerprint density at radius 1 is 1.43 bits per heavy atom. The molecule has 1 aromatic carbocycles.